The van der Waals surface area contributed by atoms with Gasteiger partial charge in [0.2, 0.25) is 5.88 Å². The first kappa shape index (κ1) is 14.1. The van der Waals surface area contributed by atoms with Crippen LogP contribution in [-0.4, -0.2) is 11.1 Å². The van der Waals surface area contributed by atoms with Gasteiger partial charge in [-0.15, -0.1) is 0 Å². The average molecular weight is 275 g/mol. The summed E-state index contributed by atoms with van der Waals surface area (Å²) in [5.74, 6) is 0.673. The van der Waals surface area contributed by atoms with Gasteiger partial charge in [0.05, 0.1) is 11.8 Å². The standard InChI is InChI=1S/C15H18FN3O/c1-9(2)20-15-12(17)7-8-14(19-15)18-13-6-4-5-11(16)10(13)3/h4-9H,17H2,1-3H3,(H,18,19). The first-order chi connectivity index (χ1) is 9.47. The molecule has 0 unspecified atom stereocenters. The highest BCUT2D eigenvalue weighted by atomic mass is 19.1. The van der Waals surface area contributed by atoms with Crippen LogP contribution in [0.2, 0.25) is 0 Å². The van der Waals surface area contributed by atoms with Gasteiger partial charge in [0.25, 0.3) is 0 Å². The summed E-state index contributed by atoms with van der Waals surface area (Å²) < 4.78 is 19.0. The van der Waals surface area contributed by atoms with Gasteiger partial charge in [-0.3, -0.25) is 0 Å². The van der Waals surface area contributed by atoms with Crippen LogP contribution in [0, 0.1) is 12.7 Å². The predicted molar refractivity (Wildman–Crippen MR) is 78.8 cm³/mol. The number of benzene rings is 1. The van der Waals surface area contributed by atoms with Crippen LogP contribution in [-0.2, 0) is 0 Å². The normalized spacial score (nSPS) is 10.7. The maximum Gasteiger partial charge on any atom is 0.239 e. The summed E-state index contributed by atoms with van der Waals surface area (Å²) >= 11 is 0. The van der Waals surface area contributed by atoms with Crippen LogP contribution in [0.1, 0.15) is 19.4 Å². The summed E-state index contributed by atoms with van der Waals surface area (Å²) in [7, 11) is 0. The maximum atomic E-state index is 13.5. The number of nitrogens with two attached hydrogens (primary N) is 1. The van der Waals surface area contributed by atoms with Crippen LogP contribution in [0.3, 0.4) is 0 Å². The highest BCUT2D eigenvalue weighted by molar-refractivity contribution is 5.63. The van der Waals surface area contributed by atoms with Gasteiger partial charge in [-0.2, -0.15) is 4.98 Å². The second-order valence-electron chi connectivity index (χ2n) is 4.79. The number of ether oxygens (including phenoxy) is 1. The zero-order valence-corrected chi connectivity index (χ0v) is 11.8. The molecule has 1 heterocycles. The molecule has 4 nitrogen and oxygen atoms in total. The number of nitrogens with zero attached hydrogens (tertiary/aromatic N) is 1. The fraction of sp³-hybridized carbons (Fsp3) is 0.267. The van der Waals surface area contributed by atoms with Gasteiger partial charge in [-0.05, 0) is 45.0 Å². The lowest BCUT2D eigenvalue weighted by Gasteiger charge is -2.14. The molecule has 0 amide bonds. The minimum atomic E-state index is -0.260. The SMILES string of the molecule is Cc1c(F)cccc1Nc1ccc(N)c(OC(C)C)n1. The highest BCUT2D eigenvalue weighted by Crippen LogP contribution is 2.26. The van der Waals surface area contributed by atoms with E-state index in [0.717, 1.165) is 0 Å². The van der Waals surface area contributed by atoms with Crippen molar-refractivity contribution in [1.29, 1.82) is 0 Å². The molecule has 3 N–H and O–H groups in total. The van der Waals surface area contributed by atoms with E-state index in [2.05, 4.69) is 10.3 Å². The predicted octanol–water partition coefficient (Wildman–Crippen LogP) is 3.64. The first-order valence-electron chi connectivity index (χ1n) is 6.42. The van der Waals surface area contributed by atoms with Crippen LogP contribution >= 0.6 is 0 Å². The van der Waals surface area contributed by atoms with Crippen molar-refractivity contribution in [3.8, 4) is 5.88 Å². The molecule has 0 saturated heterocycles. The Morgan fingerprint density at radius 3 is 2.70 bits per heavy atom. The van der Waals surface area contributed by atoms with E-state index in [1.165, 1.54) is 6.07 Å². The van der Waals surface area contributed by atoms with Crippen LogP contribution in [0.15, 0.2) is 30.3 Å². The molecule has 1 aromatic heterocycles. The Morgan fingerprint density at radius 1 is 1.25 bits per heavy atom. The second-order valence-corrected chi connectivity index (χ2v) is 4.79. The molecule has 2 rings (SSSR count). The molecule has 20 heavy (non-hydrogen) atoms. The van der Waals surface area contributed by atoms with E-state index in [-0.39, 0.29) is 11.9 Å². The van der Waals surface area contributed by atoms with Gasteiger partial charge in [0.1, 0.15) is 11.6 Å². The summed E-state index contributed by atoms with van der Waals surface area (Å²) in [4.78, 5) is 4.30. The van der Waals surface area contributed by atoms with E-state index in [9.17, 15) is 4.39 Å². The van der Waals surface area contributed by atoms with E-state index < -0.39 is 0 Å². The average Bonchev–Trinajstić information content (AvgIpc) is 2.38. The maximum absolute atomic E-state index is 13.5. The first-order valence-corrected chi connectivity index (χ1v) is 6.42. The van der Waals surface area contributed by atoms with Crippen molar-refractivity contribution in [2.45, 2.75) is 26.9 Å². The third kappa shape index (κ3) is 3.17. The van der Waals surface area contributed by atoms with Gasteiger partial charge in [0, 0.05) is 11.3 Å². The molecular weight excluding hydrogens is 257 g/mol. The molecule has 0 aliphatic heterocycles. The molecule has 1 aromatic carbocycles. The monoisotopic (exact) mass is 275 g/mol. The molecule has 5 heteroatoms. The molecule has 0 bridgehead atoms. The molecule has 0 radical (unpaired) electrons. The summed E-state index contributed by atoms with van der Waals surface area (Å²) in [5.41, 5.74) is 7.49. The number of anilines is 3. The van der Waals surface area contributed by atoms with E-state index >= 15 is 0 Å². The number of rotatable bonds is 4. The van der Waals surface area contributed by atoms with Crippen LogP contribution < -0.4 is 15.8 Å². The fourth-order valence-electron chi connectivity index (χ4n) is 1.72. The largest absolute Gasteiger partial charge is 0.473 e. The van der Waals surface area contributed by atoms with Crippen LogP contribution in [0.5, 0.6) is 5.88 Å². The summed E-state index contributed by atoms with van der Waals surface area (Å²) in [5, 5.41) is 3.07. The van der Waals surface area contributed by atoms with Crippen LogP contribution in [0.4, 0.5) is 21.6 Å². The number of hydrogen-bond acceptors (Lipinski definition) is 4. The Balaban J connectivity index is 2.27. The molecule has 0 aliphatic rings. The van der Waals surface area contributed by atoms with Crippen molar-refractivity contribution in [3.63, 3.8) is 0 Å². The molecule has 0 fully saturated rings. The van der Waals surface area contributed by atoms with Gasteiger partial charge in [-0.1, -0.05) is 6.07 Å². The van der Waals surface area contributed by atoms with Crippen LogP contribution in [0.25, 0.3) is 0 Å². The molecule has 0 saturated carbocycles. The lowest BCUT2D eigenvalue weighted by atomic mass is 10.2. The quantitative estimate of drug-likeness (QED) is 0.894. The smallest absolute Gasteiger partial charge is 0.239 e. The Bertz CT molecular complexity index is 614. The second kappa shape index (κ2) is 5.77. The number of aromatic nitrogens is 1. The Labute approximate surface area is 117 Å². The van der Waals surface area contributed by atoms with E-state index in [1.54, 1.807) is 31.2 Å². The third-order valence-corrected chi connectivity index (χ3v) is 2.77. The molecular formula is C15H18FN3O. The molecule has 106 valence electrons. The number of nitrogens with one attached hydrogen (secondary N) is 1. The zero-order valence-electron chi connectivity index (χ0n) is 11.8. The lowest BCUT2D eigenvalue weighted by Crippen LogP contribution is -2.09. The van der Waals surface area contributed by atoms with Crippen molar-refractivity contribution in [2.24, 2.45) is 0 Å². The van der Waals surface area contributed by atoms with Crippen molar-refractivity contribution < 1.29 is 9.13 Å². The summed E-state index contributed by atoms with van der Waals surface area (Å²) in [6, 6.07) is 8.30. The minimum Gasteiger partial charge on any atom is -0.473 e. The number of pyridine rings is 1. The van der Waals surface area contributed by atoms with Gasteiger partial charge in [-0.25, -0.2) is 4.39 Å². The van der Waals surface area contributed by atoms with Crippen molar-refractivity contribution in [3.05, 3.63) is 41.7 Å². The topological polar surface area (TPSA) is 60.2 Å². The number of hydrogen-bond donors (Lipinski definition) is 2. The van der Waals surface area contributed by atoms with Gasteiger partial charge >= 0.3 is 0 Å². The van der Waals surface area contributed by atoms with Gasteiger partial charge in [0.15, 0.2) is 0 Å². The van der Waals surface area contributed by atoms with E-state index in [4.69, 9.17) is 10.5 Å². The fourth-order valence-corrected chi connectivity index (χ4v) is 1.72. The molecule has 0 spiro atoms. The summed E-state index contributed by atoms with van der Waals surface area (Å²) in [6.45, 7) is 5.51. The van der Waals surface area contributed by atoms with Crippen molar-refractivity contribution in [2.75, 3.05) is 11.1 Å². The number of nitrogen functional groups attached to an aromatic ring is 1. The minimum absolute atomic E-state index is 0.0176. The zero-order chi connectivity index (χ0) is 14.7. The summed E-state index contributed by atoms with van der Waals surface area (Å²) in [6.07, 6.45) is -0.0176. The molecule has 2 aromatic rings. The van der Waals surface area contributed by atoms with Crippen molar-refractivity contribution in [1.82, 2.24) is 4.98 Å². The third-order valence-electron chi connectivity index (χ3n) is 2.77. The Hall–Kier alpha value is -2.30. The van der Waals surface area contributed by atoms with Gasteiger partial charge < -0.3 is 15.8 Å². The Morgan fingerprint density at radius 2 is 2.00 bits per heavy atom. The Kier molecular flexibility index (Phi) is 4.08. The number of halogens is 1. The lowest BCUT2D eigenvalue weighted by molar-refractivity contribution is 0.234. The molecule has 0 aliphatic carbocycles. The van der Waals surface area contributed by atoms with E-state index in [0.29, 0.717) is 28.6 Å². The molecule has 0 atom stereocenters. The van der Waals surface area contributed by atoms with Crippen molar-refractivity contribution >= 4 is 17.2 Å². The highest BCUT2D eigenvalue weighted by Gasteiger charge is 2.08. The van der Waals surface area contributed by atoms with E-state index in [1.807, 2.05) is 13.8 Å².